The number of piperidine rings is 1. The maximum atomic E-state index is 10.7. The molecule has 0 aliphatic carbocycles. The summed E-state index contributed by atoms with van der Waals surface area (Å²) in [6.07, 6.45) is 7.77. The Bertz CT molecular complexity index is 230. The van der Waals surface area contributed by atoms with Gasteiger partial charge in [0.05, 0.1) is 18.8 Å². The van der Waals surface area contributed by atoms with Crippen LogP contribution in [0.15, 0.2) is 0 Å². The lowest BCUT2D eigenvalue weighted by atomic mass is 9.78. The molecule has 2 atom stereocenters. The highest BCUT2D eigenvalue weighted by molar-refractivity contribution is 4.97. The van der Waals surface area contributed by atoms with Gasteiger partial charge in [-0.25, -0.2) is 0 Å². The van der Waals surface area contributed by atoms with Crippen LogP contribution in [0, 0.1) is 0 Å². The van der Waals surface area contributed by atoms with Crippen molar-refractivity contribution in [3.8, 4) is 0 Å². The Hall–Kier alpha value is -0.120. The number of likely N-dealkylation sites (N-methyl/N-ethyl adjacent to an activating group) is 1. The molecule has 3 heteroatoms. The van der Waals surface area contributed by atoms with E-state index in [1.54, 1.807) is 0 Å². The minimum absolute atomic E-state index is 0.417. The van der Waals surface area contributed by atoms with Crippen LogP contribution in [-0.2, 0) is 4.74 Å². The Kier molecular flexibility index (Phi) is 4.45. The predicted octanol–water partition coefficient (Wildman–Crippen LogP) is 2.18. The van der Waals surface area contributed by atoms with Gasteiger partial charge in [0.2, 0.25) is 0 Å². The first kappa shape index (κ1) is 13.3. The fourth-order valence-electron chi connectivity index (χ4n) is 3.32. The van der Waals surface area contributed by atoms with Crippen molar-refractivity contribution in [2.45, 2.75) is 69.6 Å². The molecule has 1 N–H and O–H groups in total. The Morgan fingerprint density at radius 2 is 1.82 bits per heavy atom. The van der Waals surface area contributed by atoms with E-state index in [2.05, 4.69) is 18.9 Å². The third-order valence-electron chi connectivity index (χ3n) is 4.50. The summed E-state index contributed by atoms with van der Waals surface area (Å²) < 4.78 is 5.59. The zero-order valence-electron chi connectivity index (χ0n) is 11.3. The largest absolute Gasteiger partial charge is 0.390 e. The van der Waals surface area contributed by atoms with Gasteiger partial charge in [-0.15, -0.1) is 0 Å². The van der Waals surface area contributed by atoms with Gasteiger partial charge in [-0.1, -0.05) is 32.6 Å². The van der Waals surface area contributed by atoms with Crippen LogP contribution in [0.2, 0.25) is 0 Å². The maximum absolute atomic E-state index is 10.7. The molecule has 0 aromatic rings. The van der Waals surface area contributed by atoms with Crippen LogP contribution in [0.4, 0.5) is 0 Å². The van der Waals surface area contributed by atoms with E-state index in [1.807, 2.05) is 0 Å². The van der Waals surface area contributed by atoms with Crippen LogP contribution in [0.25, 0.3) is 0 Å². The molecule has 0 amide bonds. The van der Waals surface area contributed by atoms with Crippen molar-refractivity contribution in [2.75, 3.05) is 20.3 Å². The van der Waals surface area contributed by atoms with E-state index in [-0.39, 0.29) is 0 Å². The molecule has 0 saturated carbocycles. The Balaban J connectivity index is 1.84. The highest BCUT2D eigenvalue weighted by Gasteiger charge is 2.43. The average molecular weight is 241 g/mol. The predicted molar refractivity (Wildman–Crippen MR) is 69.1 cm³/mol. The zero-order valence-corrected chi connectivity index (χ0v) is 11.3. The van der Waals surface area contributed by atoms with E-state index in [0.717, 1.165) is 32.5 Å². The van der Waals surface area contributed by atoms with Crippen LogP contribution in [-0.4, -0.2) is 48.0 Å². The molecule has 2 rings (SSSR count). The summed E-state index contributed by atoms with van der Waals surface area (Å²) in [7, 11) is 2.18. The molecule has 2 aliphatic rings. The van der Waals surface area contributed by atoms with Crippen molar-refractivity contribution < 1.29 is 9.84 Å². The van der Waals surface area contributed by atoms with E-state index in [1.165, 1.54) is 25.7 Å². The molecule has 2 bridgehead atoms. The van der Waals surface area contributed by atoms with Crippen molar-refractivity contribution in [3.05, 3.63) is 0 Å². The molecule has 0 aromatic carbocycles. The van der Waals surface area contributed by atoms with Gasteiger partial charge >= 0.3 is 0 Å². The van der Waals surface area contributed by atoms with Crippen molar-refractivity contribution in [1.29, 1.82) is 0 Å². The van der Waals surface area contributed by atoms with E-state index in [4.69, 9.17) is 4.74 Å². The van der Waals surface area contributed by atoms with Crippen LogP contribution in [0.1, 0.15) is 51.9 Å². The van der Waals surface area contributed by atoms with E-state index < -0.39 is 5.60 Å². The van der Waals surface area contributed by atoms with Crippen LogP contribution >= 0.6 is 0 Å². The monoisotopic (exact) mass is 241 g/mol. The molecule has 2 unspecified atom stereocenters. The number of ether oxygens (including phenoxy) is 1. The minimum Gasteiger partial charge on any atom is -0.390 e. The number of rotatable bonds is 5. The number of hydrogen-bond acceptors (Lipinski definition) is 3. The van der Waals surface area contributed by atoms with Gasteiger partial charge in [0.15, 0.2) is 0 Å². The maximum Gasteiger partial charge on any atom is 0.0679 e. The van der Waals surface area contributed by atoms with Crippen molar-refractivity contribution in [3.63, 3.8) is 0 Å². The normalized spacial score (nSPS) is 38.3. The van der Waals surface area contributed by atoms with Crippen LogP contribution in [0.5, 0.6) is 0 Å². The second-order valence-corrected chi connectivity index (χ2v) is 5.95. The first-order chi connectivity index (χ1) is 8.14. The molecule has 3 nitrogen and oxygen atoms in total. The minimum atomic E-state index is -0.417. The van der Waals surface area contributed by atoms with Gasteiger partial charge in [0, 0.05) is 12.1 Å². The summed E-state index contributed by atoms with van der Waals surface area (Å²) in [5, 5.41) is 10.7. The molecule has 2 fully saturated rings. The Morgan fingerprint density at radius 3 is 2.41 bits per heavy atom. The van der Waals surface area contributed by atoms with Crippen LogP contribution in [0.3, 0.4) is 0 Å². The number of fused-ring (bicyclic) bond motifs is 2. The summed E-state index contributed by atoms with van der Waals surface area (Å²) >= 11 is 0. The Morgan fingerprint density at radius 1 is 1.18 bits per heavy atom. The number of morpholine rings is 1. The van der Waals surface area contributed by atoms with Crippen LogP contribution < -0.4 is 0 Å². The quantitative estimate of drug-likeness (QED) is 0.749. The average Bonchev–Trinajstić information content (AvgIpc) is 2.27. The third kappa shape index (κ3) is 3.21. The summed E-state index contributed by atoms with van der Waals surface area (Å²) in [6.45, 7) is 3.82. The smallest absolute Gasteiger partial charge is 0.0679 e. The number of hydrogen-bond donors (Lipinski definition) is 1. The number of aliphatic hydroxyl groups is 1. The second kappa shape index (κ2) is 5.68. The summed E-state index contributed by atoms with van der Waals surface area (Å²) in [4.78, 5) is 2.41. The lowest BCUT2D eigenvalue weighted by Gasteiger charge is -2.50. The highest BCUT2D eigenvalue weighted by Crippen LogP contribution is 2.36. The van der Waals surface area contributed by atoms with E-state index >= 15 is 0 Å². The third-order valence-corrected chi connectivity index (χ3v) is 4.50. The molecule has 2 aliphatic heterocycles. The lowest BCUT2D eigenvalue weighted by Crippen LogP contribution is -2.60. The summed E-state index contributed by atoms with van der Waals surface area (Å²) in [6, 6.07) is 0.859. The summed E-state index contributed by atoms with van der Waals surface area (Å²) in [5.74, 6) is 0. The topological polar surface area (TPSA) is 32.7 Å². The fraction of sp³-hybridized carbons (Fsp3) is 1.00. The van der Waals surface area contributed by atoms with Crippen molar-refractivity contribution in [2.24, 2.45) is 0 Å². The second-order valence-electron chi connectivity index (χ2n) is 5.95. The molecular weight excluding hydrogens is 214 g/mol. The van der Waals surface area contributed by atoms with E-state index in [9.17, 15) is 5.11 Å². The first-order valence-electron chi connectivity index (χ1n) is 7.17. The summed E-state index contributed by atoms with van der Waals surface area (Å²) in [5.41, 5.74) is -0.417. The SMILES string of the molecule is CCCCCCC1(O)CC2COCC(C1)N2C. The number of nitrogens with zero attached hydrogens (tertiary/aromatic N) is 1. The molecule has 0 aromatic heterocycles. The lowest BCUT2D eigenvalue weighted by molar-refractivity contribution is -0.137. The molecular formula is C14H27NO2. The van der Waals surface area contributed by atoms with Gasteiger partial charge in [-0.3, -0.25) is 4.90 Å². The molecule has 0 spiro atoms. The van der Waals surface area contributed by atoms with Gasteiger partial charge in [0.25, 0.3) is 0 Å². The van der Waals surface area contributed by atoms with E-state index in [0.29, 0.717) is 12.1 Å². The van der Waals surface area contributed by atoms with Gasteiger partial charge in [-0.05, 0) is 26.3 Å². The van der Waals surface area contributed by atoms with Gasteiger partial charge in [0.1, 0.15) is 0 Å². The zero-order chi connectivity index (χ0) is 12.3. The standard InChI is InChI=1S/C14H27NO2/c1-3-4-5-6-7-14(16)8-12-10-17-11-13(9-14)15(12)2/h12-13,16H,3-11H2,1-2H3. The first-order valence-corrected chi connectivity index (χ1v) is 7.17. The fourth-order valence-corrected chi connectivity index (χ4v) is 3.32. The molecule has 17 heavy (non-hydrogen) atoms. The van der Waals surface area contributed by atoms with Gasteiger partial charge in [-0.2, -0.15) is 0 Å². The van der Waals surface area contributed by atoms with Gasteiger partial charge < -0.3 is 9.84 Å². The van der Waals surface area contributed by atoms with Crippen molar-refractivity contribution in [1.82, 2.24) is 4.90 Å². The van der Waals surface area contributed by atoms with Crippen molar-refractivity contribution >= 4 is 0 Å². The molecule has 2 heterocycles. The Labute approximate surface area is 105 Å². The molecule has 2 saturated heterocycles. The highest BCUT2D eigenvalue weighted by atomic mass is 16.5. The number of unbranched alkanes of at least 4 members (excludes halogenated alkanes) is 3. The molecule has 0 radical (unpaired) electrons. The molecule has 100 valence electrons.